The maximum atomic E-state index is 5.77. The Morgan fingerprint density at radius 3 is 2.25 bits per heavy atom. The highest BCUT2D eigenvalue weighted by Gasteiger charge is 2.15. The van der Waals surface area contributed by atoms with Crippen molar-refractivity contribution in [3.8, 4) is 0 Å². The Balaban J connectivity index is 1.67. The third-order valence-corrected chi connectivity index (χ3v) is 4.13. The van der Waals surface area contributed by atoms with Crippen molar-refractivity contribution in [1.82, 2.24) is 5.32 Å². The van der Waals surface area contributed by atoms with Crippen molar-refractivity contribution in [1.29, 1.82) is 0 Å². The van der Waals surface area contributed by atoms with Crippen LogP contribution in [-0.4, -0.2) is 19.7 Å². The Labute approximate surface area is 128 Å². The van der Waals surface area contributed by atoms with Crippen molar-refractivity contribution in [2.45, 2.75) is 12.5 Å². The summed E-state index contributed by atoms with van der Waals surface area (Å²) in [5.41, 5.74) is 3.92. The molecular weight excluding hydrogens is 314 g/mol. The highest BCUT2D eigenvalue weighted by atomic mass is 79.9. The quantitative estimate of drug-likeness (QED) is 0.925. The van der Waals surface area contributed by atoms with Crippen LogP contribution in [0.25, 0.3) is 0 Å². The summed E-state index contributed by atoms with van der Waals surface area (Å²) in [6, 6.07) is 17.3. The van der Waals surface area contributed by atoms with E-state index in [1.54, 1.807) is 0 Å². The summed E-state index contributed by atoms with van der Waals surface area (Å²) in [4.78, 5) is 0. The molecule has 0 spiro atoms. The summed E-state index contributed by atoms with van der Waals surface area (Å²) in [7, 11) is 0. The molecule has 1 atom stereocenters. The second-order valence-electron chi connectivity index (χ2n) is 5.11. The maximum Gasteiger partial charge on any atom is 0.0949 e. The lowest BCUT2D eigenvalue weighted by Gasteiger charge is -2.24. The van der Waals surface area contributed by atoms with E-state index < -0.39 is 0 Å². The second kappa shape index (κ2) is 6.53. The van der Waals surface area contributed by atoms with Crippen LogP contribution in [0.3, 0.4) is 0 Å². The Morgan fingerprint density at radius 2 is 1.65 bits per heavy atom. The minimum atomic E-state index is 0.200. The third kappa shape index (κ3) is 3.48. The first-order chi connectivity index (χ1) is 9.81. The Kier molecular flexibility index (Phi) is 4.51. The lowest BCUT2D eigenvalue weighted by Crippen LogP contribution is -2.33. The van der Waals surface area contributed by atoms with Crippen LogP contribution in [0.4, 0.5) is 0 Å². The molecule has 20 heavy (non-hydrogen) atoms. The SMILES string of the molecule is Brc1ccc(Cc2ccc(C3CNCCO3)cc2)cc1. The highest BCUT2D eigenvalue weighted by molar-refractivity contribution is 9.10. The molecule has 1 unspecified atom stereocenters. The molecule has 2 nitrogen and oxygen atoms in total. The van der Waals surface area contributed by atoms with Gasteiger partial charge in [-0.3, -0.25) is 0 Å². The third-order valence-electron chi connectivity index (χ3n) is 3.60. The van der Waals surface area contributed by atoms with Gasteiger partial charge in [0.25, 0.3) is 0 Å². The van der Waals surface area contributed by atoms with Crippen molar-refractivity contribution in [3.63, 3.8) is 0 Å². The molecule has 0 aromatic heterocycles. The Bertz CT molecular complexity index is 544. The maximum absolute atomic E-state index is 5.77. The molecule has 2 aromatic rings. The van der Waals surface area contributed by atoms with Gasteiger partial charge in [-0.05, 0) is 35.2 Å². The molecule has 1 fully saturated rings. The van der Waals surface area contributed by atoms with Gasteiger partial charge >= 0.3 is 0 Å². The van der Waals surface area contributed by atoms with E-state index in [-0.39, 0.29) is 6.10 Å². The zero-order valence-corrected chi connectivity index (χ0v) is 12.9. The van der Waals surface area contributed by atoms with E-state index in [1.165, 1.54) is 16.7 Å². The number of nitrogens with one attached hydrogen (secondary N) is 1. The summed E-state index contributed by atoms with van der Waals surface area (Å²) in [6.07, 6.45) is 1.17. The fourth-order valence-corrected chi connectivity index (χ4v) is 2.73. The van der Waals surface area contributed by atoms with E-state index >= 15 is 0 Å². The van der Waals surface area contributed by atoms with Crippen LogP contribution >= 0.6 is 15.9 Å². The molecule has 0 bridgehead atoms. The van der Waals surface area contributed by atoms with Crippen LogP contribution in [0, 0.1) is 0 Å². The zero-order valence-electron chi connectivity index (χ0n) is 11.3. The molecule has 2 aromatic carbocycles. The first-order valence-electron chi connectivity index (χ1n) is 6.97. The number of benzene rings is 2. The molecule has 0 amide bonds. The van der Waals surface area contributed by atoms with E-state index in [0.717, 1.165) is 30.6 Å². The fourth-order valence-electron chi connectivity index (χ4n) is 2.47. The molecule has 3 rings (SSSR count). The number of hydrogen-bond donors (Lipinski definition) is 1. The minimum absolute atomic E-state index is 0.200. The van der Waals surface area contributed by atoms with Crippen molar-refractivity contribution >= 4 is 15.9 Å². The lowest BCUT2D eigenvalue weighted by atomic mass is 10.0. The highest BCUT2D eigenvalue weighted by Crippen LogP contribution is 2.20. The van der Waals surface area contributed by atoms with Gasteiger partial charge in [-0.25, -0.2) is 0 Å². The van der Waals surface area contributed by atoms with E-state index in [4.69, 9.17) is 4.74 Å². The van der Waals surface area contributed by atoms with Gasteiger partial charge in [0, 0.05) is 17.6 Å². The smallest absolute Gasteiger partial charge is 0.0949 e. The molecule has 1 aliphatic heterocycles. The van der Waals surface area contributed by atoms with Gasteiger partial charge < -0.3 is 10.1 Å². The summed E-state index contributed by atoms with van der Waals surface area (Å²) in [5, 5.41) is 3.36. The average molecular weight is 332 g/mol. The second-order valence-corrected chi connectivity index (χ2v) is 6.02. The van der Waals surface area contributed by atoms with Crippen molar-refractivity contribution < 1.29 is 4.74 Å². The fraction of sp³-hybridized carbons (Fsp3) is 0.294. The number of ether oxygens (including phenoxy) is 1. The van der Waals surface area contributed by atoms with Crippen LogP contribution in [0.1, 0.15) is 22.8 Å². The number of halogens is 1. The summed E-state index contributed by atoms with van der Waals surface area (Å²) in [5.74, 6) is 0. The molecule has 0 aliphatic carbocycles. The van der Waals surface area contributed by atoms with Crippen molar-refractivity contribution in [2.75, 3.05) is 19.7 Å². The number of hydrogen-bond acceptors (Lipinski definition) is 2. The van der Waals surface area contributed by atoms with E-state index in [1.807, 2.05) is 0 Å². The number of rotatable bonds is 3. The predicted octanol–water partition coefficient (Wildman–Crippen LogP) is 3.70. The normalized spacial score (nSPS) is 18.9. The van der Waals surface area contributed by atoms with Gasteiger partial charge in [-0.2, -0.15) is 0 Å². The van der Waals surface area contributed by atoms with Gasteiger partial charge in [0.05, 0.1) is 12.7 Å². The average Bonchev–Trinajstić information content (AvgIpc) is 2.51. The van der Waals surface area contributed by atoms with Gasteiger partial charge in [0.1, 0.15) is 0 Å². The number of morpholine rings is 1. The molecular formula is C17H18BrNO. The molecule has 0 radical (unpaired) electrons. The van der Waals surface area contributed by atoms with E-state index in [2.05, 4.69) is 69.8 Å². The van der Waals surface area contributed by atoms with Crippen molar-refractivity contribution in [3.05, 3.63) is 69.7 Å². The van der Waals surface area contributed by atoms with Crippen LogP contribution in [0.5, 0.6) is 0 Å². The monoisotopic (exact) mass is 331 g/mol. The van der Waals surface area contributed by atoms with Crippen LogP contribution in [0.2, 0.25) is 0 Å². The molecule has 104 valence electrons. The van der Waals surface area contributed by atoms with Crippen molar-refractivity contribution in [2.24, 2.45) is 0 Å². The van der Waals surface area contributed by atoms with Crippen LogP contribution in [0.15, 0.2) is 53.0 Å². The Morgan fingerprint density at radius 1 is 1.00 bits per heavy atom. The van der Waals surface area contributed by atoms with Gasteiger partial charge in [-0.1, -0.05) is 52.3 Å². The molecule has 3 heteroatoms. The van der Waals surface area contributed by atoms with Gasteiger partial charge in [0.2, 0.25) is 0 Å². The molecule has 1 heterocycles. The minimum Gasteiger partial charge on any atom is -0.371 e. The first kappa shape index (κ1) is 13.8. The van der Waals surface area contributed by atoms with Crippen LogP contribution in [-0.2, 0) is 11.2 Å². The van der Waals surface area contributed by atoms with Gasteiger partial charge in [0.15, 0.2) is 0 Å². The molecule has 1 N–H and O–H groups in total. The predicted molar refractivity (Wildman–Crippen MR) is 85.0 cm³/mol. The Hall–Kier alpha value is -1.16. The van der Waals surface area contributed by atoms with E-state index in [9.17, 15) is 0 Å². The molecule has 1 aliphatic rings. The van der Waals surface area contributed by atoms with E-state index in [0.29, 0.717) is 0 Å². The van der Waals surface area contributed by atoms with Gasteiger partial charge in [-0.15, -0.1) is 0 Å². The standard InChI is InChI=1S/C17H18BrNO/c18-16-7-3-14(4-8-16)11-13-1-5-15(6-2-13)17-12-19-9-10-20-17/h1-8,17,19H,9-12H2. The molecule has 0 saturated carbocycles. The summed E-state index contributed by atoms with van der Waals surface area (Å²) < 4.78 is 6.89. The molecule has 1 saturated heterocycles. The largest absolute Gasteiger partial charge is 0.371 e. The topological polar surface area (TPSA) is 21.3 Å². The summed E-state index contributed by atoms with van der Waals surface area (Å²) in [6.45, 7) is 2.66. The summed E-state index contributed by atoms with van der Waals surface area (Å²) >= 11 is 3.46. The first-order valence-corrected chi connectivity index (χ1v) is 7.76. The zero-order chi connectivity index (χ0) is 13.8. The van der Waals surface area contributed by atoms with Crippen LogP contribution < -0.4 is 5.32 Å². The lowest BCUT2D eigenvalue weighted by molar-refractivity contribution is 0.0277.